The van der Waals surface area contributed by atoms with Crippen molar-refractivity contribution in [1.82, 2.24) is 10.3 Å². The van der Waals surface area contributed by atoms with Gasteiger partial charge in [0.2, 0.25) is 0 Å². The van der Waals surface area contributed by atoms with Crippen LogP contribution in [-0.2, 0) is 0 Å². The first kappa shape index (κ1) is 18.2. The van der Waals surface area contributed by atoms with Crippen molar-refractivity contribution in [1.29, 1.82) is 0 Å². The molecule has 0 radical (unpaired) electrons. The van der Waals surface area contributed by atoms with Gasteiger partial charge in [-0.2, -0.15) is 0 Å². The van der Waals surface area contributed by atoms with Gasteiger partial charge in [-0.25, -0.2) is 4.39 Å². The van der Waals surface area contributed by atoms with Crippen molar-refractivity contribution < 1.29 is 4.39 Å². The van der Waals surface area contributed by atoms with Crippen molar-refractivity contribution in [3.05, 3.63) is 102 Å². The van der Waals surface area contributed by atoms with Gasteiger partial charge in [0.05, 0.1) is 0 Å². The van der Waals surface area contributed by atoms with Gasteiger partial charge in [0, 0.05) is 35.2 Å². The molecule has 1 heterocycles. The molecular formula is C23H20FN3S. The van der Waals surface area contributed by atoms with Crippen molar-refractivity contribution in [3.8, 4) is 0 Å². The van der Waals surface area contributed by atoms with Crippen molar-refractivity contribution in [2.75, 3.05) is 11.9 Å². The third-order valence-corrected chi connectivity index (χ3v) is 5.01. The fourth-order valence-corrected chi connectivity index (χ4v) is 3.58. The third-order valence-electron chi connectivity index (χ3n) is 4.77. The number of anilines is 1. The predicted octanol–water partition coefficient (Wildman–Crippen LogP) is 5.43. The number of H-pyrrole nitrogens is 1. The largest absolute Gasteiger partial charge is 0.361 e. The van der Waals surface area contributed by atoms with Crippen LogP contribution in [0, 0.1) is 5.82 Å². The minimum Gasteiger partial charge on any atom is -0.361 e. The summed E-state index contributed by atoms with van der Waals surface area (Å²) in [5.41, 5.74) is 4.30. The summed E-state index contributed by atoms with van der Waals surface area (Å²) in [4.78, 5) is 3.36. The number of rotatable bonds is 5. The molecule has 3 N–H and O–H groups in total. The Bertz CT molecular complexity index is 1070. The third kappa shape index (κ3) is 4.05. The molecule has 0 saturated heterocycles. The van der Waals surface area contributed by atoms with Gasteiger partial charge in [0.1, 0.15) is 5.82 Å². The highest BCUT2D eigenvalue weighted by Gasteiger charge is 2.18. The molecule has 0 fully saturated rings. The molecule has 0 saturated carbocycles. The zero-order chi connectivity index (χ0) is 19.3. The van der Waals surface area contributed by atoms with Crippen LogP contribution in [0.15, 0.2) is 85.1 Å². The van der Waals surface area contributed by atoms with Crippen LogP contribution >= 0.6 is 12.2 Å². The minimum atomic E-state index is -0.270. The van der Waals surface area contributed by atoms with Crippen LogP contribution in [-0.4, -0.2) is 16.6 Å². The predicted molar refractivity (Wildman–Crippen MR) is 117 cm³/mol. The summed E-state index contributed by atoms with van der Waals surface area (Å²) in [7, 11) is 0. The summed E-state index contributed by atoms with van der Waals surface area (Å²) < 4.78 is 13.1. The molecule has 0 bridgehead atoms. The second-order valence-electron chi connectivity index (χ2n) is 6.59. The van der Waals surface area contributed by atoms with E-state index in [1.54, 1.807) is 12.1 Å². The van der Waals surface area contributed by atoms with E-state index in [1.807, 2.05) is 24.3 Å². The van der Waals surface area contributed by atoms with E-state index in [-0.39, 0.29) is 11.7 Å². The van der Waals surface area contributed by atoms with Crippen LogP contribution in [0.4, 0.5) is 10.1 Å². The van der Waals surface area contributed by atoms with Crippen LogP contribution in [0.3, 0.4) is 0 Å². The second-order valence-corrected chi connectivity index (χ2v) is 7.00. The summed E-state index contributed by atoms with van der Waals surface area (Å²) in [5, 5.41) is 8.13. The van der Waals surface area contributed by atoms with Gasteiger partial charge in [-0.15, -0.1) is 0 Å². The molecule has 28 heavy (non-hydrogen) atoms. The Morgan fingerprint density at radius 1 is 0.929 bits per heavy atom. The van der Waals surface area contributed by atoms with Crippen molar-refractivity contribution in [2.24, 2.45) is 0 Å². The quantitative estimate of drug-likeness (QED) is 0.399. The molecule has 140 valence electrons. The number of fused-ring (bicyclic) bond motifs is 1. The lowest BCUT2D eigenvalue weighted by Crippen LogP contribution is -2.32. The fraction of sp³-hybridized carbons (Fsp3) is 0.0870. The monoisotopic (exact) mass is 389 g/mol. The Balaban J connectivity index is 1.55. The second kappa shape index (κ2) is 8.23. The zero-order valence-electron chi connectivity index (χ0n) is 15.2. The highest BCUT2D eigenvalue weighted by atomic mass is 32.1. The van der Waals surface area contributed by atoms with E-state index in [4.69, 9.17) is 12.2 Å². The summed E-state index contributed by atoms with van der Waals surface area (Å²) in [6, 6.07) is 24.8. The zero-order valence-corrected chi connectivity index (χ0v) is 16.0. The first-order chi connectivity index (χ1) is 13.7. The maximum absolute atomic E-state index is 13.1. The molecule has 4 rings (SSSR count). The number of halogens is 1. The van der Waals surface area contributed by atoms with Gasteiger partial charge in [0.15, 0.2) is 5.11 Å². The number of para-hydroxylation sites is 1. The first-order valence-corrected chi connectivity index (χ1v) is 9.53. The Morgan fingerprint density at radius 2 is 1.64 bits per heavy atom. The number of hydrogen-bond donors (Lipinski definition) is 3. The molecule has 3 aromatic carbocycles. The minimum absolute atomic E-state index is 0.130. The van der Waals surface area contributed by atoms with E-state index in [1.165, 1.54) is 28.6 Å². The SMILES string of the molecule is Fc1ccc(NC(=S)NC[C@@H](c2ccccc2)c2c[nH]c3ccccc23)cc1. The van der Waals surface area contributed by atoms with Crippen LogP contribution in [0.1, 0.15) is 17.0 Å². The molecule has 0 aliphatic heterocycles. The summed E-state index contributed by atoms with van der Waals surface area (Å²) in [6.45, 7) is 0.638. The molecule has 4 aromatic rings. The maximum Gasteiger partial charge on any atom is 0.170 e. The number of benzene rings is 3. The number of aromatic nitrogens is 1. The summed E-state index contributed by atoms with van der Waals surface area (Å²) in [6.07, 6.45) is 2.07. The van der Waals surface area contributed by atoms with E-state index in [0.717, 1.165) is 11.2 Å². The lowest BCUT2D eigenvalue weighted by Gasteiger charge is -2.19. The van der Waals surface area contributed by atoms with E-state index >= 15 is 0 Å². The van der Waals surface area contributed by atoms with E-state index in [2.05, 4.69) is 52.1 Å². The topological polar surface area (TPSA) is 39.8 Å². The van der Waals surface area contributed by atoms with Crippen LogP contribution < -0.4 is 10.6 Å². The van der Waals surface area contributed by atoms with Crippen molar-refractivity contribution in [2.45, 2.75) is 5.92 Å². The van der Waals surface area contributed by atoms with Gasteiger partial charge in [0.25, 0.3) is 0 Å². The number of thiocarbonyl (C=S) groups is 1. The lowest BCUT2D eigenvalue weighted by molar-refractivity contribution is 0.628. The van der Waals surface area contributed by atoms with Crippen molar-refractivity contribution >= 4 is 33.9 Å². The molecule has 0 aliphatic rings. The molecule has 0 amide bonds. The molecule has 0 unspecified atom stereocenters. The van der Waals surface area contributed by atoms with Crippen LogP contribution in [0.2, 0.25) is 0 Å². The average molecular weight is 389 g/mol. The summed E-state index contributed by atoms with van der Waals surface area (Å²) >= 11 is 5.44. The molecule has 1 atom stereocenters. The molecule has 5 heteroatoms. The Morgan fingerprint density at radius 3 is 2.43 bits per heavy atom. The number of hydrogen-bond acceptors (Lipinski definition) is 1. The number of nitrogens with one attached hydrogen (secondary N) is 3. The molecule has 3 nitrogen and oxygen atoms in total. The Labute approximate surface area is 168 Å². The molecule has 0 spiro atoms. The Hall–Kier alpha value is -3.18. The van der Waals surface area contributed by atoms with Gasteiger partial charge < -0.3 is 15.6 Å². The van der Waals surface area contributed by atoms with Gasteiger partial charge in [-0.3, -0.25) is 0 Å². The van der Waals surface area contributed by atoms with E-state index in [9.17, 15) is 4.39 Å². The van der Waals surface area contributed by atoms with Crippen LogP contribution in [0.25, 0.3) is 10.9 Å². The van der Waals surface area contributed by atoms with E-state index < -0.39 is 0 Å². The Kier molecular flexibility index (Phi) is 5.35. The smallest absolute Gasteiger partial charge is 0.170 e. The standard InChI is InChI=1S/C23H20FN3S/c24-17-10-12-18(13-11-17)27-23(28)26-14-20(16-6-2-1-3-7-16)21-15-25-22-9-5-4-8-19(21)22/h1-13,15,20,25H,14H2,(H2,26,27,28)/t20-/m0/s1. The fourth-order valence-electron chi connectivity index (χ4n) is 3.38. The lowest BCUT2D eigenvalue weighted by atomic mass is 9.91. The number of aromatic amines is 1. The molecule has 0 aliphatic carbocycles. The van der Waals surface area contributed by atoms with E-state index in [0.29, 0.717) is 11.7 Å². The van der Waals surface area contributed by atoms with Gasteiger partial charge >= 0.3 is 0 Å². The molecule has 1 aromatic heterocycles. The first-order valence-electron chi connectivity index (χ1n) is 9.12. The summed E-state index contributed by atoms with van der Waals surface area (Å²) in [5.74, 6) is -0.141. The molecular weight excluding hydrogens is 369 g/mol. The van der Waals surface area contributed by atoms with Crippen molar-refractivity contribution in [3.63, 3.8) is 0 Å². The maximum atomic E-state index is 13.1. The van der Waals surface area contributed by atoms with Gasteiger partial charge in [-0.05, 0) is 53.7 Å². The highest BCUT2D eigenvalue weighted by molar-refractivity contribution is 7.80. The highest BCUT2D eigenvalue weighted by Crippen LogP contribution is 2.30. The van der Waals surface area contributed by atoms with Crippen LogP contribution in [0.5, 0.6) is 0 Å². The normalized spacial score (nSPS) is 11.9. The van der Waals surface area contributed by atoms with Gasteiger partial charge in [-0.1, -0.05) is 48.5 Å². The average Bonchev–Trinajstić information content (AvgIpc) is 3.15.